The Bertz CT molecular complexity index is 782. The van der Waals surface area contributed by atoms with Crippen LogP contribution in [0.5, 0.6) is 0 Å². The molecule has 9 heteroatoms. The van der Waals surface area contributed by atoms with E-state index in [0.29, 0.717) is 11.8 Å². The number of rotatable bonds is 2. The molecule has 2 aliphatic rings. The summed E-state index contributed by atoms with van der Waals surface area (Å²) < 4.78 is 31.1. The highest BCUT2D eigenvalue weighted by Gasteiger charge is 2.37. The number of likely N-dealkylation sites (tertiary alicyclic amines) is 2. The molecule has 40 heavy (non-hydrogen) atoms. The molecule has 2 bridgehead atoms. The van der Waals surface area contributed by atoms with E-state index in [0.717, 1.165) is 43.7 Å². The molecule has 0 unspecified atom stereocenters. The van der Waals surface area contributed by atoms with Crippen molar-refractivity contribution in [3.8, 4) is 0 Å². The number of hydrogen-bond acceptors (Lipinski definition) is 4. The summed E-state index contributed by atoms with van der Waals surface area (Å²) in [6, 6.07) is 18.9. The number of carbonyl (C=O) groups is 2. The summed E-state index contributed by atoms with van der Waals surface area (Å²) >= 11 is 0. The number of piperidine rings is 2. The predicted octanol–water partition coefficient (Wildman–Crippen LogP) is 6.72. The first-order chi connectivity index (χ1) is 19.2. The minimum absolute atomic E-state index is 0.109. The summed E-state index contributed by atoms with van der Waals surface area (Å²) in [5, 5.41) is 0. The van der Waals surface area contributed by atoms with Crippen LogP contribution < -0.4 is 11.5 Å². The van der Waals surface area contributed by atoms with Gasteiger partial charge in [0.2, 0.25) is 0 Å². The van der Waals surface area contributed by atoms with Crippen LogP contribution in [0.15, 0.2) is 60.7 Å². The van der Waals surface area contributed by atoms with Crippen LogP contribution in [0.3, 0.4) is 0 Å². The van der Waals surface area contributed by atoms with Crippen LogP contribution in [0.4, 0.5) is 13.2 Å². The average molecular weight is 571 g/mol. The zero-order valence-corrected chi connectivity index (χ0v) is 26.0. The van der Waals surface area contributed by atoms with Crippen LogP contribution in [-0.4, -0.2) is 68.1 Å². The zero-order chi connectivity index (χ0) is 31.7. The molecule has 2 aromatic carbocycles. The molecule has 4 N–H and O–H groups in total. The third kappa shape index (κ3) is 16.9. The van der Waals surface area contributed by atoms with Gasteiger partial charge in [-0.25, -0.2) is 0 Å². The van der Waals surface area contributed by atoms with Crippen molar-refractivity contribution in [1.29, 1.82) is 0 Å². The van der Waals surface area contributed by atoms with Crippen LogP contribution in [0.1, 0.15) is 75.6 Å². The van der Waals surface area contributed by atoms with Gasteiger partial charge in [0.05, 0.1) is 0 Å². The number of amides is 2. The van der Waals surface area contributed by atoms with Crippen molar-refractivity contribution in [2.24, 2.45) is 23.3 Å². The summed E-state index contributed by atoms with van der Waals surface area (Å²) in [6.45, 7) is 15.1. The molecule has 0 spiro atoms. The Balaban J connectivity index is -0.000000782. The molecule has 2 fully saturated rings. The van der Waals surface area contributed by atoms with E-state index in [2.05, 4.69) is 11.5 Å². The smallest absolute Gasteiger partial charge is 0.338 e. The van der Waals surface area contributed by atoms with E-state index >= 15 is 0 Å². The second-order valence-corrected chi connectivity index (χ2v) is 7.90. The largest absolute Gasteiger partial charge is 0.386 e. The van der Waals surface area contributed by atoms with Gasteiger partial charge >= 0.3 is 6.18 Å². The lowest BCUT2D eigenvalue weighted by atomic mass is 9.84. The van der Waals surface area contributed by atoms with E-state index in [9.17, 15) is 22.8 Å². The number of nitrogens with two attached hydrogens (primary N) is 2. The Hall–Kier alpha value is -2.91. The zero-order valence-electron chi connectivity index (χ0n) is 26.0. The van der Waals surface area contributed by atoms with E-state index in [-0.39, 0.29) is 18.7 Å². The number of fused-ring (bicyclic) bond motifs is 2. The van der Waals surface area contributed by atoms with Gasteiger partial charge in [-0.3, -0.25) is 9.59 Å². The molecule has 0 aromatic heterocycles. The van der Waals surface area contributed by atoms with Gasteiger partial charge in [0.15, 0.2) is 0 Å². The summed E-state index contributed by atoms with van der Waals surface area (Å²) in [5.74, 6) is 0.955. The van der Waals surface area contributed by atoms with Crippen LogP contribution in [-0.2, 0) is 0 Å². The van der Waals surface area contributed by atoms with Gasteiger partial charge in [0, 0.05) is 44.2 Å². The molecule has 2 aliphatic heterocycles. The fraction of sp³-hybridized carbons (Fsp3) is 0.548. The molecule has 0 atom stereocenters. The van der Waals surface area contributed by atoms with Crippen molar-refractivity contribution in [2.45, 2.75) is 61.1 Å². The fourth-order valence-corrected chi connectivity index (χ4v) is 4.14. The van der Waals surface area contributed by atoms with Crippen molar-refractivity contribution in [2.75, 3.05) is 40.3 Å². The Morgan fingerprint density at radius 3 is 1.07 bits per heavy atom. The highest BCUT2D eigenvalue weighted by molar-refractivity contribution is 5.95. The molecule has 2 aromatic rings. The minimum Gasteiger partial charge on any atom is -0.338 e. The van der Waals surface area contributed by atoms with Gasteiger partial charge in [-0.1, -0.05) is 77.9 Å². The molecule has 2 saturated heterocycles. The van der Waals surface area contributed by atoms with Gasteiger partial charge in [0.25, 0.3) is 11.8 Å². The van der Waals surface area contributed by atoms with Gasteiger partial charge in [-0.2, -0.15) is 13.2 Å². The van der Waals surface area contributed by atoms with Crippen molar-refractivity contribution < 1.29 is 22.8 Å². The molecular weight excluding hydrogens is 517 g/mol. The summed E-state index contributed by atoms with van der Waals surface area (Å²) in [7, 11) is 3.00. The van der Waals surface area contributed by atoms with Crippen LogP contribution in [0.2, 0.25) is 0 Å². The van der Waals surface area contributed by atoms with Gasteiger partial charge < -0.3 is 21.3 Å². The minimum atomic E-state index is -4.00. The first-order valence-electron chi connectivity index (χ1n) is 14.1. The van der Waals surface area contributed by atoms with Crippen molar-refractivity contribution in [1.82, 2.24) is 9.80 Å². The summed E-state index contributed by atoms with van der Waals surface area (Å²) in [4.78, 5) is 29.4. The first-order valence-corrected chi connectivity index (χ1v) is 14.1. The Kier molecular flexibility index (Phi) is 26.1. The maximum Gasteiger partial charge on any atom is 0.386 e. The second-order valence-electron chi connectivity index (χ2n) is 7.90. The monoisotopic (exact) mass is 570 g/mol. The highest BCUT2D eigenvalue weighted by Crippen LogP contribution is 2.30. The number of carbonyl (C=O) groups excluding carboxylic acids is 2. The quantitative estimate of drug-likeness (QED) is 0.419. The van der Waals surface area contributed by atoms with Crippen molar-refractivity contribution >= 4 is 11.8 Å². The number of halogens is 3. The van der Waals surface area contributed by atoms with Crippen LogP contribution >= 0.6 is 0 Å². The molecular formula is C31H53F3N4O2. The maximum atomic E-state index is 12.7. The second kappa shape index (κ2) is 25.1. The molecule has 0 radical (unpaired) electrons. The Morgan fingerprint density at radius 1 is 0.625 bits per heavy atom. The van der Waals surface area contributed by atoms with Crippen LogP contribution in [0, 0.1) is 11.8 Å². The lowest BCUT2D eigenvalue weighted by Gasteiger charge is -2.45. The number of benzene rings is 2. The van der Waals surface area contributed by atoms with E-state index in [4.69, 9.17) is 0 Å². The van der Waals surface area contributed by atoms with Gasteiger partial charge in [-0.15, -0.1) is 0 Å². The molecule has 6 nitrogen and oxygen atoms in total. The van der Waals surface area contributed by atoms with Gasteiger partial charge in [-0.05, 0) is 56.6 Å². The molecule has 230 valence electrons. The number of hydrogen-bond donors (Lipinski definition) is 2. The van der Waals surface area contributed by atoms with E-state index in [1.807, 2.05) is 112 Å². The normalized spacial score (nSPS) is 16.4. The topological polar surface area (TPSA) is 92.7 Å². The number of nitrogens with zero attached hydrogens (tertiary/aromatic N) is 2. The van der Waals surface area contributed by atoms with E-state index in [1.165, 1.54) is 14.1 Å². The predicted molar refractivity (Wildman–Crippen MR) is 162 cm³/mol. The Labute approximate surface area is 240 Å². The third-order valence-electron chi connectivity index (χ3n) is 5.20. The molecule has 2 heterocycles. The SMILES string of the molecule is CC.CC.CC.CC(F)(F)F.CN.CN.O=C(c1ccccc1)N1CC2CC(C1)CN(C(=O)c1ccccc1)C2. The lowest BCUT2D eigenvalue weighted by molar-refractivity contribution is -0.110. The summed E-state index contributed by atoms with van der Waals surface area (Å²) in [6.07, 6.45) is -2.89. The summed E-state index contributed by atoms with van der Waals surface area (Å²) in [5.41, 5.74) is 10.5. The molecule has 0 saturated carbocycles. The molecule has 2 amide bonds. The van der Waals surface area contributed by atoms with Crippen molar-refractivity contribution in [3.05, 3.63) is 71.8 Å². The first kappa shape index (κ1) is 41.6. The van der Waals surface area contributed by atoms with Crippen molar-refractivity contribution in [3.63, 3.8) is 0 Å². The van der Waals surface area contributed by atoms with Gasteiger partial charge in [0.1, 0.15) is 0 Å². The molecule has 4 rings (SSSR count). The van der Waals surface area contributed by atoms with Crippen LogP contribution in [0.25, 0.3) is 0 Å². The van der Waals surface area contributed by atoms with E-state index in [1.54, 1.807) is 0 Å². The fourth-order valence-electron chi connectivity index (χ4n) is 4.14. The van der Waals surface area contributed by atoms with E-state index < -0.39 is 6.18 Å². The average Bonchev–Trinajstić information content (AvgIpc) is 3.01. The third-order valence-corrected chi connectivity index (χ3v) is 5.20. The number of alkyl halides is 3. The highest BCUT2D eigenvalue weighted by atomic mass is 19.4. The molecule has 0 aliphatic carbocycles. The Morgan fingerprint density at radius 2 is 0.850 bits per heavy atom. The maximum absolute atomic E-state index is 12.7. The lowest BCUT2D eigenvalue weighted by Crippen LogP contribution is -2.55. The standard InChI is InChI=1S/C21H22N2O2.C2H3F3.3C2H6.2CH5N/c24-20(18-7-3-1-4-8-18)22-12-16-11-17(13-22)15-23(14-16)21(25)19-9-5-2-6-10-19;1-2(3,4)5;5*1-2/h1-10,16-17H,11-15H2;1H3;3*1-2H3;2*2H2,1H3.